The molecule has 0 saturated carbocycles. The zero-order valence-electron chi connectivity index (χ0n) is 60.5. The highest BCUT2D eigenvalue weighted by atomic mass is 16.7. The van der Waals surface area contributed by atoms with Gasteiger partial charge < -0.3 is 33.3 Å². The topological polar surface area (TPSA) is 111 Å². The minimum Gasteiger partial charge on any atom is -0.545 e. The van der Waals surface area contributed by atoms with Crippen molar-refractivity contribution in [2.24, 2.45) is 0 Å². The van der Waals surface area contributed by atoms with E-state index < -0.39 is 24.3 Å². The number of allylic oxidation sites excluding steroid dienone is 14. The number of nitrogens with zero attached hydrogens (tertiary/aromatic N) is 1. The van der Waals surface area contributed by atoms with Crippen LogP contribution < -0.4 is 5.11 Å². The van der Waals surface area contributed by atoms with E-state index in [4.69, 9.17) is 18.9 Å². The van der Waals surface area contributed by atoms with Crippen molar-refractivity contribution < 1.29 is 42.9 Å². The number of quaternary nitrogens is 1. The molecule has 0 aromatic heterocycles. The van der Waals surface area contributed by atoms with Crippen molar-refractivity contribution >= 4 is 17.9 Å². The number of carbonyl (C=O) groups excluding carboxylic acids is 3. The molecule has 528 valence electrons. The van der Waals surface area contributed by atoms with Crippen LogP contribution in [0.5, 0.6) is 0 Å². The van der Waals surface area contributed by atoms with Crippen molar-refractivity contribution in [2.75, 3.05) is 47.5 Å². The highest BCUT2D eigenvalue weighted by Crippen LogP contribution is 2.19. The number of ether oxygens (including phenoxy) is 4. The summed E-state index contributed by atoms with van der Waals surface area (Å²) in [4.78, 5) is 37.5. The Morgan fingerprint density at radius 2 is 0.626 bits per heavy atom. The van der Waals surface area contributed by atoms with Crippen LogP contribution >= 0.6 is 0 Å². The van der Waals surface area contributed by atoms with Crippen LogP contribution in [0.3, 0.4) is 0 Å². The fourth-order valence-electron chi connectivity index (χ4n) is 11.3. The van der Waals surface area contributed by atoms with Crippen LogP contribution in [0.15, 0.2) is 85.1 Å². The molecule has 0 bridgehead atoms. The summed E-state index contributed by atoms with van der Waals surface area (Å²) in [6, 6.07) is 0. The molecule has 0 aliphatic rings. The van der Waals surface area contributed by atoms with Gasteiger partial charge in [0, 0.05) is 12.8 Å². The smallest absolute Gasteiger partial charge is 0.306 e. The number of carboxylic acids is 1. The Morgan fingerprint density at radius 3 is 0.934 bits per heavy atom. The Labute approximate surface area is 563 Å². The molecule has 0 aliphatic carbocycles. The monoisotopic (exact) mass is 1270 g/mol. The lowest BCUT2D eigenvalue weighted by Crippen LogP contribution is -2.44. The van der Waals surface area contributed by atoms with Gasteiger partial charge in [-0.3, -0.25) is 9.59 Å². The number of carbonyl (C=O) groups is 3. The number of aliphatic carboxylic acids is 1. The fourth-order valence-corrected chi connectivity index (χ4v) is 11.3. The molecular formula is C82H147NO8. The molecule has 0 fully saturated rings. The van der Waals surface area contributed by atoms with Gasteiger partial charge in [-0.1, -0.05) is 362 Å². The fraction of sp³-hybridized carbons (Fsp3) is 0.793. The van der Waals surface area contributed by atoms with Crippen molar-refractivity contribution in [3.05, 3.63) is 85.1 Å². The molecule has 0 N–H and O–H groups in total. The molecule has 0 rings (SSSR count). The first kappa shape index (κ1) is 87.5. The van der Waals surface area contributed by atoms with E-state index in [-0.39, 0.29) is 38.6 Å². The summed E-state index contributed by atoms with van der Waals surface area (Å²) < 4.78 is 22.8. The summed E-state index contributed by atoms with van der Waals surface area (Å²) in [6.07, 6.45) is 95.7. The van der Waals surface area contributed by atoms with Crippen molar-refractivity contribution in [1.82, 2.24) is 0 Å². The van der Waals surface area contributed by atoms with Crippen LogP contribution in [-0.4, -0.2) is 82.3 Å². The van der Waals surface area contributed by atoms with Gasteiger partial charge in [0.25, 0.3) is 0 Å². The first-order chi connectivity index (χ1) is 44.6. The van der Waals surface area contributed by atoms with E-state index in [9.17, 15) is 19.5 Å². The third-order valence-corrected chi connectivity index (χ3v) is 17.2. The number of rotatable bonds is 72. The highest BCUT2D eigenvalue weighted by Gasteiger charge is 2.22. The molecule has 0 heterocycles. The lowest BCUT2D eigenvalue weighted by Gasteiger charge is -2.26. The Kier molecular flexibility index (Phi) is 69.5. The normalized spacial score (nSPS) is 13.1. The van der Waals surface area contributed by atoms with Gasteiger partial charge in [0.1, 0.15) is 13.2 Å². The average Bonchev–Trinajstić information content (AvgIpc) is 3.46. The summed E-state index contributed by atoms with van der Waals surface area (Å²) in [5.74, 6) is -2.30. The SMILES string of the molecule is CC/C=C\C/C=C\C/C=C\C/C=C\C/C=C\C/C=C\C/C=C\CCCCCCCC(=O)OC(COC(=O)CCCCCCCCCCCCCCCCCCCCCCCCCCCCCCCCCCCCCCCCC)COC(OCC[N+](C)(C)C)C(=O)[O-]. The summed E-state index contributed by atoms with van der Waals surface area (Å²) >= 11 is 0. The van der Waals surface area contributed by atoms with Crippen molar-refractivity contribution in [3.8, 4) is 0 Å². The van der Waals surface area contributed by atoms with Gasteiger partial charge in [-0.05, 0) is 70.6 Å². The van der Waals surface area contributed by atoms with Crippen LogP contribution in [0, 0.1) is 0 Å². The van der Waals surface area contributed by atoms with Crippen molar-refractivity contribution in [3.63, 3.8) is 0 Å². The van der Waals surface area contributed by atoms with Crippen molar-refractivity contribution in [1.29, 1.82) is 0 Å². The largest absolute Gasteiger partial charge is 0.545 e. The maximum atomic E-state index is 12.9. The second-order valence-corrected chi connectivity index (χ2v) is 27.3. The van der Waals surface area contributed by atoms with Gasteiger partial charge in [0.15, 0.2) is 12.4 Å². The summed E-state index contributed by atoms with van der Waals surface area (Å²) in [6.45, 7) is 4.65. The average molecular weight is 1280 g/mol. The lowest BCUT2D eigenvalue weighted by atomic mass is 10.0. The molecule has 0 spiro atoms. The Hall–Kier alpha value is -3.53. The van der Waals surface area contributed by atoms with Crippen LogP contribution in [0.1, 0.15) is 361 Å². The van der Waals surface area contributed by atoms with Crippen LogP contribution in [0.2, 0.25) is 0 Å². The van der Waals surface area contributed by atoms with E-state index in [0.29, 0.717) is 17.4 Å². The van der Waals surface area contributed by atoms with E-state index in [1.165, 1.54) is 231 Å². The van der Waals surface area contributed by atoms with E-state index >= 15 is 0 Å². The number of hydrogen-bond donors (Lipinski definition) is 0. The standard InChI is InChI=1S/C82H147NO8/c1-6-8-10-12-14-16-18-20-22-24-26-28-30-32-34-35-36-37-38-39-40-41-42-43-44-45-47-48-50-52-54-56-58-60-62-64-66-68-70-72-79(84)89-76-78(77-90-82(81(86)87)88-75-74-83(3,4)5)91-80(85)73-71-69-67-65-63-61-59-57-55-53-51-49-46-33-31-29-27-25-23-21-19-17-15-13-11-9-7-2/h9,11,15,17,21,23,27,29,33,46,51,53,57,59,78,82H,6-8,10,12-14,16,18-20,22,24-26,28,30-32,34-45,47-50,52,54-56,58,60-77H2,1-5H3/b11-9-,17-15-,23-21-,29-27-,46-33-,53-51-,59-57-. The molecule has 9 nitrogen and oxygen atoms in total. The zero-order valence-corrected chi connectivity index (χ0v) is 60.5. The summed E-state index contributed by atoms with van der Waals surface area (Å²) in [7, 11) is 5.93. The molecule has 0 saturated heterocycles. The molecule has 0 aromatic carbocycles. The second kappa shape index (κ2) is 72.3. The molecule has 0 aliphatic heterocycles. The molecular weight excluding hydrogens is 1130 g/mol. The maximum absolute atomic E-state index is 12.9. The predicted molar refractivity (Wildman–Crippen MR) is 389 cm³/mol. The number of likely N-dealkylation sites (N-methyl/N-ethyl adjacent to an activating group) is 1. The minimum absolute atomic E-state index is 0.141. The van der Waals surface area contributed by atoms with Gasteiger partial charge in [-0.2, -0.15) is 0 Å². The summed E-state index contributed by atoms with van der Waals surface area (Å²) in [5.41, 5.74) is 0. The molecule has 91 heavy (non-hydrogen) atoms. The van der Waals surface area contributed by atoms with E-state index in [0.717, 1.165) is 96.3 Å². The molecule has 9 heteroatoms. The van der Waals surface area contributed by atoms with E-state index in [1.54, 1.807) is 0 Å². The number of esters is 2. The van der Waals surface area contributed by atoms with Crippen LogP contribution in [-0.2, 0) is 33.3 Å². The number of hydrogen-bond acceptors (Lipinski definition) is 8. The minimum atomic E-state index is -1.63. The predicted octanol–water partition coefficient (Wildman–Crippen LogP) is 23.3. The quantitative estimate of drug-likeness (QED) is 0.0195. The lowest BCUT2D eigenvalue weighted by molar-refractivity contribution is -0.870. The van der Waals surface area contributed by atoms with Gasteiger partial charge in [0.05, 0.1) is 40.3 Å². The van der Waals surface area contributed by atoms with Crippen LogP contribution in [0.25, 0.3) is 0 Å². The second-order valence-electron chi connectivity index (χ2n) is 27.3. The maximum Gasteiger partial charge on any atom is 0.306 e. The van der Waals surface area contributed by atoms with Crippen molar-refractivity contribution in [2.45, 2.75) is 373 Å². The molecule has 0 radical (unpaired) electrons. The summed E-state index contributed by atoms with van der Waals surface area (Å²) in [5, 5.41) is 11.8. The van der Waals surface area contributed by atoms with E-state index in [1.807, 2.05) is 21.1 Å². The first-order valence-electron chi connectivity index (χ1n) is 38.7. The van der Waals surface area contributed by atoms with Gasteiger partial charge in [-0.15, -0.1) is 0 Å². The number of unbranched alkanes of at least 4 members (excludes halogenated alkanes) is 43. The Morgan fingerprint density at radius 1 is 0.341 bits per heavy atom. The molecule has 2 atom stereocenters. The Bertz CT molecular complexity index is 1770. The molecule has 0 aromatic rings. The first-order valence-corrected chi connectivity index (χ1v) is 38.7. The van der Waals surface area contributed by atoms with Gasteiger partial charge in [0.2, 0.25) is 0 Å². The van der Waals surface area contributed by atoms with Gasteiger partial charge >= 0.3 is 11.9 Å². The zero-order chi connectivity index (χ0) is 66.1. The van der Waals surface area contributed by atoms with Gasteiger partial charge in [-0.25, -0.2) is 0 Å². The molecule has 0 amide bonds. The third kappa shape index (κ3) is 73.7. The Balaban J connectivity index is 4.02. The van der Waals surface area contributed by atoms with Crippen LogP contribution in [0.4, 0.5) is 0 Å². The third-order valence-electron chi connectivity index (χ3n) is 17.2. The number of carboxylic acid groups (broad SMARTS) is 1. The highest BCUT2D eigenvalue weighted by molar-refractivity contribution is 5.70. The van der Waals surface area contributed by atoms with E-state index in [2.05, 4.69) is 98.9 Å². The molecule has 2 unspecified atom stereocenters.